The predicted molar refractivity (Wildman–Crippen MR) is 93.6 cm³/mol. The van der Waals surface area contributed by atoms with Crippen molar-refractivity contribution in [1.82, 2.24) is 24.6 Å². The van der Waals surface area contributed by atoms with Crippen molar-refractivity contribution in [1.29, 1.82) is 0 Å². The molecule has 3 fully saturated rings. The van der Waals surface area contributed by atoms with E-state index in [4.69, 9.17) is 9.72 Å². The summed E-state index contributed by atoms with van der Waals surface area (Å²) in [5, 5.41) is 4.65. The zero-order valence-corrected chi connectivity index (χ0v) is 15.4. The second-order valence-electron chi connectivity index (χ2n) is 8.55. The first kappa shape index (κ1) is 15.8. The van der Waals surface area contributed by atoms with Crippen LogP contribution in [0.1, 0.15) is 30.4 Å². The standard InChI is InChI=1S/C19H23N5O3/c1-22-10-19-6-4-12(27-19)14(15(19)18(22)26)17(25)23-7-5-13-20-16(11-2-3-11)21-24(13)9-8-23/h4,6,11-12,14-15H,2-3,5,7-10H2,1H3/t12-,14-,15+,19-/m0/s1. The Morgan fingerprint density at radius 1 is 1.30 bits per heavy atom. The van der Waals surface area contributed by atoms with Gasteiger partial charge in [-0.3, -0.25) is 9.59 Å². The molecule has 2 bridgehead atoms. The number of carbonyl (C=O) groups excluding carboxylic acids is 2. The first-order valence-corrected chi connectivity index (χ1v) is 9.90. The van der Waals surface area contributed by atoms with Gasteiger partial charge in [0.2, 0.25) is 11.8 Å². The molecule has 0 aromatic carbocycles. The van der Waals surface area contributed by atoms with Crippen LogP contribution < -0.4 is 0 Å². The van der Waals surface area contributed by atoms with Gasteiger partial charge in [0.05, 0.1) is 31.0 Å². The zero-order valence-electron chi connectivity index (χ0n) is 15.4. The molecule has 0 unspecified atom stereocenters. The van der Waals surface area contributed by atoms with Crippen LogP contribution in [0.25, 0.3) is 0 Å². The minimum atomic E-state index is -0.601. The lowest BCUT2D eigenvalue weighted by Gasteiger charge is -2.29. The Morgan fingerprint density at radius 3 is 2.96 bits per heavy atom. The Morgan fingerprint density at radius 2 is 2.15 bits per heavy atom. The number of likely N-dealkylation sites (N-methyl/N-ethyl adjacent to an activating group) is 1. The van der Waals surface area contributed by atoms with Crippen molar-refractivity contribution in [3.8, 4) is 0 Å². The molecule has 5 aliphatic rings. The topological polar surface area (TPSA) is 80.6 Å². The average molecular weight is 369 g/mol. The number of amides is 2. The monoisotopic (exact) mass is 369 g/mol. The van der Waals surface area contributed by atoms with Crippen molar-refractivity contribution in [3.63, 3.8) is 0 Å². The van der Waals surface area contributed by atoms with Crippen LogP contribution in [0.3, 0.4) is 0 Å². The van der Waals surface area contributed by atoms with Crippen molar-refractivity contribution < 1.29 is 14.3 Å². The number of likely N-dealkylation sites (tertiary alicyclic amines) is 1. The number of carbonyl (C=O) groups is 2. The van der Waals surface area contributed by atoms with E-state index in [9.17, 15) is 9.59 Å². The summed E-state index contributed by atoms with van der Waals surface area (Å²) in [6, 6.07) is 0. The summed E-state index contributed by atoms with van der Waals surface area (Å²) in [6.45, 7) is 2.43. The van der Waals surface area contributed by atoms with E-state index < -0.39 is 11.5 Å². The maximum Gasteiger partial charge on any atom is 0.229 e. The van der Waals surface area contributed by atoms with E-state index in [1.807, 2.05) is 21.7 Å². The lowest BCUT2D eigenvalue weighted by molar-refractivity contribution is -0.142. The summed E-state index contributed by atoms with van der Waals surface area (Å²) in [4.78, 5) is 34.4. The lowest BCUT2D eigenvalue weighted by atomic mass is 9.76. The summed E-state index contributed by atoms with van der Waals surface area (Å²) >= 11 is 0. The Balaban J connectivity index is 1.23. The van der Waals surface area contributed by atoms with Gasteiger partial charge in [0.25, 0.3) is 0 Å². The summed E-state index contributed by atoms with van der Waals surface area (Å²) in [5.74, 6) is 1.76. The number of ether oxygens (including phenoxy) is 1. The van der Waals surface area contributed by atoms with Crippen molar-refractivity contribution in [2.45, 2.75) is 43.4 Å². The van der Waals surface area contributed by atoms with Crippen molar-refractivity contribution in [3.05, 3.63) is 23.8 Å². The van der Waals surface area contributed by atoms with Gasteiger partial charge in [-0.1, -0.05) is 12.2 Å². The smallest absolute Gasteiger partial charge is 0.229 e. The third-order valence-electron chi connectivity index (χ3n) is 6.78. The van der Waals surface area contributed by atoms with E-state index in [2.05, 4.69) is 5.10 Å². The van der Waals surface area contributed by atoms with Crippen LogP contribution >= 0.6 is 0 Å². The molecule has 1 aromatic heterocycles. The van der Waals surface area contributed by atoms with Crippen LogP contribution in [0, 0.1) is 11.8 Å². The Hall–Kier alpha value is -2.22. The minimum absolute atomic E-state index is 0.0266. The highest BCUT2D eigenvalue weighted by Crippen LogP contribution is 2.52. The highest BCUT2D eigenvalue weighted by Gasteiger charge is 2.66. The largest absolute Gasteiger partial charge is 0.360 e. The first-order valence-electron chi connectivity index (χ1n) is 9.90. The lowest BCUT2D eigenvalue weighted by Crippen LogP contribution is -2.46. The Kier molecular flexibility index (Phi) is 3.03. The molecule has 5 heterocycles. The van der Waals surface area contributed by atoms with Gasteiger partial charge >= 0.3 is 0 Å². The maximum absolute atomic E-state index is 13.4. The van der Waals surface area contributed by atoms with Crippen molar-refractivity contribution in [2.24, 2.45) is 11.8 Å². The number of hydrogen-bond acceptors (Lipinski definition) is 5. The molecule has 1 aliphatic carbocycles. The van der Waals surface area contributed by atoms with E-state index in [0.29, 0.717) is 38.5 Å². The number of rotatable bonds is 2. The van der Waals surface area contributed by atoms with Gasteiger partial charge in [-0.15, -0.1) is 0 Å². The van der Waals surface area contributed by atoms with Gasteiger partial charge in [0, 0.05) is 32.5 Å². The molecular formula is C19H23N5O3. The fraction of sp³-hybridized carbons (Fsp3) is 0.684. The molecule has 1 aromatic rings. The average Bonchev–Trinajstić information content (AvgIpc) is 3.18. The van der Waals surface area contributed by atoms with E-state index in [1.165, 1.54) is 12.8 Å². The maximum atomic E-state index is 13.4. The fourth-order valence-corrected chi connectivity index (χ4v) is 5.24. The zero-order chi connectivity index (χ0) is 18.3. The molecule has 2 saturated heterocycles. The third kappa shape index (κ3) is 2.13. The summed E-state index contributed by atoms with van der Waals surface area (Å²) in [6.07, 6.45) is 6.78. The summed E-state index contributed by atoms with van der Waals surface area (Å²) in [5.41, 5.74) is -0.601. The summed E-state index contributed by atoms with van der Waals surface area (Å²) < 4.78 is 8.09. The molecule has 1 saturated carbocycles. The Bertz CT molecular complexity index is 849. The van der Waals surface area contributed by atoms with Crippen LogP contribution in [0.15, 0.2) is 12.2 Å². The van der Waals surface area contributed by atoms with Crippen LogP contribution in [0.2, 0.25) is 0 Å². The highest BCUT2D eigenvalue weighted by molar-refractivity contribution is 5.92. The summed E-state index contributed by atoms with van der Waals surface area (Å²) in [7, 11) is 1.79. The molecular weight excluding hydrogens is 346 g/mol. The van der Waals surface area contributed by atoms with Crippen LogP contribution in [0.5, 0.6) is 0 Å². The molecule has 8 nitrogen and oxygen atoms in total. The fourth-order valence-electron chi connectivity index (χ4n) is 5.24. The first-order chi connectivity index (χ1) is 13.1. The van der Waals surface area contributed by atoms with Gasteiger partial charge in [-0.25, -0.2) is 9.67 Å². The second kappa shape index (κ2) is 5.19. The molecule has 4 aliphatic heterocycles. The molecule has 4 atom stereocenters. The van der Waals surface area contributed by atoms with Crippen molar-refractivity contribution in [2.75, 3.05) is 26.7 Å². The molecule has 142 valence electrons. The van der Waals surface area contributed by atoms with Gasteiger partial charge in [-0.05, 0) is 12.8 Å². The molecule has 0 radical (unpaired) electrons. The SMILES string of the molecule is CN1C[C@]23C=C[C@H](O2)[C@H](C(=O)N2CCc4nc(C5CC5)nn4CC2)[C@@H]3C1=O. The second-order valence-corrected chi connectivity index (χ2v) is 8.55. The molecule has 2 amide bonds. The normalized spacial score (nSPS) is 36.9. The van der Waals surface area contributed by atoms with Gasteiger partial charge in [0.15, 0.2) is 5.82 Å². The van der Waals surface area contributed by atoms with E-state index in [0.717, 1.165) is 11.6 Å². The van der Waals surface area contributed by atoms with E-state index in [-0.39, 0.29) is 23.8 Å². The van der Waals surface area contributed by atoms with Crippen LogP contribution in [-0.2, 0) is 27.3 Å². The highest BCUT2D eigenvalue weighted by atomic mass is 16.5. The third-order valence-corrected chi connectivity index (χ3v) is 6.78. The quantitative estimate of drug-likeness (QED) is 0.683. The molecule has 1 spiro atoms. The molecule has 6 rings (SSSR count). The van der Waals surface area contributed by atoms with E-state index in [1.54, 1.807) is 11.9 Å². The molecule has 27 heavy (non-hydrogen) atoms. The number of nitrogens with zero attached hydrogens (tertiary/aromatic N) is 5. The van der Waals surface area contributed by atoms with Gasteiger partial charge in [0.1, 0.15) is 11.4 Å². The number of fused-ring (bicyclic) bond motifs is 2. The molecule has 0 N–H and O–H groups in total. The molecule has 8 heteroatoms. The number of hydrogen-bond donors (Lipinski definition) is 0. The number of aromatic nitrogens is 3. The van der Waals surface area contributed by atoms with Crippen molar-refractivity contribution >= 4 is 11.8 Å². The minimum Gasteiger partial charge on any atom is -0.360 e. The van der Waals surface area contributed by atoms with Crippen LogP contribution in [0.4, 0.5) is 0 Å². The van der Waals surface area contributed by atoms with Gasteiger partial charge < -0.3 is 14.5 Å². The van der Waals surface area contributed by atoms with Crippen LogP contribution in [-0.4, -0.2) is 74.8 Å². The predicted octanol–water partition coefficient (Wildman–Crippen LogP) is -0.0480. The van der Waals surface area contributed by atoms with E-state index >= 15 is 0 Å². The Labute approximate surface area is 157 Å². The van der Waals surface area contributed by atoms with Gasteiger partial charge in [-0.2, -0.15) is 5.10 Å².